The van der Waals surface area contributed by atoms with Gasteiger partial charge in [0.15, 0.2) is 4.34 Å². The average Bonchev–Trinajstić information content (AvgIpc) is 3.34. The van der Waals surface area contributed by atoms with Crippen molar-refractivity contribution in [1.82, 2.24) is 10.2 Å². The zero-order valence-corrected chi connectivity index (χ0v) is 20.7. The first-order chi connectivity index (χ1) is 15.5. The molecular weight excluding hydrogens is 462 g/mol. The maximum atomic E-state index is 13.5. The molecule has 1 amide bonds. The molecule has 1 aliphatic carbocycles. The fraction of sp³-hybridized carbons (Fsp3) is 0.391. The lowest BCUT2D eigenvalue weighted by molar-refractivity contribution is -0.115. The van der Waals surface area contributed by atoms with E-state index in [2.05, 4.69) is 22.4 Å². The lowest BCUT2D eigenvalue weighted by Gasteiger charge is -2.18. The number of benzene rings is 1. The van der Waals surface area contributed by atoms with Gasteiger partial charge in [-0.2, -0.15) is 0 Å². The number of hydrogen-bond acceptors (Lipinski definition) is 8. The molecule has 0 aliphatic heterocycles. The zero-order chi connectivity index (χ0) is 22.7. The quantitative estimate of drug-likeness (QED) is 0.341. The van der Waals surface area contributed by atoms with E-state index < -0.39 is 5.25 Å². The third-order valence-corrected chi connectivity index (χ3v) is 8.64. The second-order valence-corrected chi connectivity index (χ2v) is 11.4. The van der Waals surface area contributed by atoms with Crippen LogP contribution in [0.15, 0.2) is 34.7 Å². The molecule has 0 fully saturated rings. The van der Waals surface area contributed by atoms with Gasteiger partial charge < -0.3 is 10.1 Å². The first-order valence-electron chi connectivity index (χ1n) is 10.6. The number of carbonyl (C=O) groups is 2. The zero-order valence-electron chi connectivity index (χ0n) is 18.2. The topological polar surface area (TPSA) is 81.2 Å². The van der Waals surface area contributed by atoms with Crippen LogP contribution in [0.25, 0.3) is 0 Å². The van der Waals surface area contributed by atoms with Gasteiger partial charge in [-0.3, -0.25) is 4.79 Å². The molecular formula is C23H25N3O3S3. The Kier molecular flexibility index (Phi) is 7.27. The van der Waals surface area contributed by atoms with Crippen LogP contribution in [0.5, 0.6) is 0 Å². The molecule has 1 aromatic carbocycles. The molecule has 2 heterocycles. The van der Waals surface area contributed by atoms with Crippen LogP contribution in [0, 0.1) is 12.8 Å². The van der Waals surface area contributed by atoms with Crippen molar-refractivity contribution in [3.63, 3.8) is 0 Å². The predicted molar refractivity (Wildman–Crippen MR) is 130 cm³/mol. The van der Waals surface area contributed by atoms with Gasteiger partial charge in [0.05, 0.1) is 12.2 Å². The maximum absolute atomic E-state index is 13.5. The molecule has 2 aromatic heterocycles. The summed E-state index contributed by atoms with van der Waals surface area (Å²) < 4.78 is 6.07. The highest BCUT2D eigenvalue weighted by Gasteiger charge is 2.31. The number of ether oxygens (including phenoxy) is 1. The molecule has 0 saturated carbocycles. The van der Waals surface area contributed by atoms with Gasteiger partial charge in [-0.05, 0) is 50.2 Å². The summed E-state index contributed by atoms with van der Waals surface area (Å²) in [5, 5.41) is 12.2. The number of thiophene rings is 1. The molecule has 9 heteroatoms. The molecule has 1 aliphatic rings. The number of fused-ring (bicyclic) bond motifs is 1. The van der Waals surface area contributed by atoms with E-state index in [4.69, 9.17) is 4.74 Å². The van der Waals surface area contributed by atoms with Gasteiger partial charge in [-0.25, -0.2) is 4.79 Å². The Morgan fingerprint density at radius 1 is 1.25 bits per heavy atom. The van der Waals surface area contributed by atoms with Crippen molar-refractivity contribution in [3.05, 3.63) is 56.9 Å². The van der Waals surface area contributed by atoms with Gasteiger partial charge in [-0.1, -0.05) is 60.4 Å². The van der Waals surface area contributed by atoms with E-state index in [-0.39, 0.29) is 11.9 Å². The van der Waals surface area contributed by atoms with E-state index in [0.717, 1.165) is 39.7 Å². The monoisotopic (exact) mass is 487 g/mol. The van der Waals surface area contributed by atoms with Crippen molar-refractivity contribution >= 4 is 51.3 Å². The molecule has 0 saturated heterocycles. The minimum Gasteiger partial charge on any atom is -0.462 e. The van der Waals surface area contributed by atoms with E-state index in [9.17, 15) is 9.59 Å². The first kappa shape index (κ1) is 22.9. The van der Waals surface area contributed by atoms with Crippen LogP contribution >= 0.6 is 34.4 Å². The Hall–Kier alpha value is -2.23. The molecule has 168 valence electrons. The minimum absolute atomic E-state index is 0.189. The molecule has 1 N–H and O–H groups in total. The Morgan fingerprint density at radius 3 is 2.72 bits per heavy atom. The summed E-state index contributed by atoms with van der Waals surface area (Å²) in [6.07, 6.45) is 2.78. The standard InChI is InChI=1S/C23H25N3O3S3/c1-4-29-22(28)18-16-11-10-13(2)12-17(16)31-21(18)24-20(27)19(15-8-6-5-7-9-15)32-23-26-25-14(3)30-23/h5-9,13,19H,4,10-12H2,1-3H3,(H,24,27). The van der Waals surface area contributed by atoms with E-state index in [1.807, 2.05) is 37.3 Å². The van der Waals surface area contributed by atoms with Gasteiger partial charge in [0, 0.05) is 4.88 Å². The molecule has 2 unspecified atom stereocenters. The van der Waals surface area contributed by atoms with Gasteiger partial charge >= 0.3 is 5.97 Å². The number of nitrogens with zero attached hydrogens (tertiary/aromatic N) is 2. The van der Waals surface area contributed by atoms with E-state index in [0.29, 0.717) is 23.1 Å². The van der Waals surface area contributed by atoms with Crippen molar-refractivity contribution in [3.8, 4) is 0 Å². The Bertz CT molecular complexity index is 1110. The summed E-state index contributed by atoms with van der Waals surface area (Å²) in [6, 6.07) is 9.61. The summed E-state index contributed by atoms with van der Waals surface area (Å²) in [4.78, 5) is 27.5. The van der Waals surface area contributed by atoms with E-state index >= 15 is 0 Å². The summed E-state index contributed by atoms with van der Waals surface area (Å²) in [7, 11) is 0. The van der Waals surface area contributed by atoms with E-state index in [1.165, 1.54) is 39.3 Å². The highest BCUT2D eigenvalue weighted by molar-refractivity contribution is 8.01. The van der Waals surface area contributed by atoms with Crippen molar-refractivity contribution in [2.45, 2.75) is 49.6 Å². The van der Waals surface area contributed by atoms with Crippen LogP contribution < -0.4 is 5.32 Å². The van der Waals surface area contributed by atoms with Crippen molar-refractivity contribution < 1.29 is 14.3 Å². The fourth-order valence-corrected chi connectivity index (χ4v) is 7.17. The van der Waals surface area contributed by atoms with Crippen LogP contribution in [0.2, 0.25) is 0 Å². The highest BCUT2D eigenvalue weighted by atomic mass is 32.2. The Balaban J connectivity index is 1.66. The molecule has 32 heavy (non-hydrogen) atoms. The number of amides is 1. The molecule has 6 nitrogen and oxygen atoms in total. The highest BCUT2D eigenvalue weighted by Crippen LogP contribution is 2.42. The Morgan fingerprint density at radius 2 is 2.03 bits per heavy atom. The third-order valence-electron chi connectivity index (χ3n) is 5.29. The second kappa shape index (κ2) is 10.1. The summed E-state index contributed by atoms with van der Waals surface area (Å²) >= 11 is 4.34. The largest absolute Gasteiger partial charge is 0.462 e. The SMILES string of the molecule is CCOC(=O)c1c(NC(=O)C(Sc2nnc(C)s2)c2ccccc2)sc2c1CCC(C)C2. The van der Waals surface area contributed by atoms with Gasteiger partial charge in [-0.15, -0.1) is 21.5 Å². The van der Waals surface area contributed by atoms with Crippen LogP contribution in [-0.2, 0) is 22.4 Å². The number of thioether (sulfide) groups is 1. The number of carbonyl (C=O) groups excluding carboxylic acids is 2. The van der Waals surface area contributed by atoms with E-state index in [1.54, 1.807) is 6.92 Å². The van der Waals surface area contributed by atoms with Crippen LogP contribution in [0.3, 0.4) is 0 Å². The number of aryl methyl sites for hydroxylation is 1. The number of esters is 1. The van der Waals surface area contributed by atoms with Crippen molar-refractivity contribution in [1.29, 1.82) is 0 Å². The second-order valence-electron chi connectivity index (χ2n) is 7.76. The number of hydrogen-bond donors (Lipinski definition) is 1. The van der Waals surface area contributed by atoms with Crippen molar-refractivity contribution in [2.75, 3.05) is 11.9 Å². The van der Waals surface area contributed by atoms with Gasteiger partial charge in [0.1, 0.15) is 15.3 Å². The number of anilines is 1. The number of nitrogens with one attached hydrogen (secondary N) is 1. The van der Waals surface area contributed by atoms with Crippen LogP contribution in [0.1, 0.15) is 56.9 Å². The minimum atomic E-state index is -0.517. The molecule has 0 bridgehead atoms. The molecule has 4 rings (SSSR count). The maximum Gasteiger partial charge on any atom is 0.341 e. The molecule has 0 spiro atoms. The summed E-state index contributed by atoms with van der Waals surface area (Å²) in [6.45, 7) is 6.20. The predicted octanol–water partition coefficient (Wildman–Crippen LogP) is 5.68. The lowest BCUT2D eigenvalue weighted by Crippen LogP contribution is -2.20. The summed E-state index contributed by atoms with van der Waals surface area (Å²) in [5.74, 6) is 0.0118. The molecule has 0 radical (unpaired) electrons. The normalized spacial score (nSPS) is 16.3. The third kappa shape index (κ3) is 5.05. The van der Waals surface area contributed by atoms with Crippen LogP contribution in [0.4, 0.5) is 5.00 Å². The first-order valence-corrected chi connectivity index (χ1v) is 13.1. The van der Waals surface area contributed by atoms with Gasteiger partial charge in [0.2, 0.25) is 5.91 Å². The molecule has 2 atom stereocenters. The Labute approximate surface area is 199 Å². The van der Waals surface area contributed by atoms with Gasteiger partial charge in [0.25, 0.3) is 0 Å². The number of rotatable bonds is 7. The molecule has 3 aromatic rings. The smallest absolute Gasteiger partial charge is 0.341 e. The van der Waals surface area contributed by atoms with Crippen LogP contribution in [-0.4, -0.2) is 28.7 Å². The fourth-order valence-electron chi connectivity index (χ4n) is 3.76. The number of aromatic nitrogens is 2. The average molecular weight is 488 g/mol. The van der Waals surface area contributed by atoms with Crippen molar-refractivity contribution in [2.24, 2.45) is 5.92 Å². The summed E-state index contributed by atoms with van der Waals surface area (Å²) in [5.41, 5.74) is 2.43. The lowest BCUT2D eigenvalue weighted by atomic mass is 9.88.